The number of carbonyl (C=O) groups is 2. The van der Waals surface area contributed by atoms with Crippen molar-refractivity contribution in [3.63, 3.8) is 0 Å². The number of nitrogens with one attached hydrogen (secondary N) is 1. The standard InChI is InChI=1S/C19H18ClFN2O3/c1-26-11-17(24)23-9-3-4-12-10-13(7-8-16(12)23)22-19(25)18-14(20)5-2-6-15(18)21/h2,5-8,10H,3-4,9,11H2,1H3,(H,22,25). The monoisotopic (exact) mass is 376 g/mol. The molecule has 0 aromatic heterocycles. The molecule has 1 aliphatic rings. The van der Waals surface area contributed by atoms with Crippen molar-refractivity contribution in [1.29, 1.82) is 0 Å². The summed E-state index contributed by atoms with van der Waals surface area (Å²) in [6.07, 6.45) is 1.61. The predicted molar refractivity (Wildman–Crippen MR) is 98.4 cm³/mol. The van der Waals surface area contributed by atoms with Gasteiger partial charge in [0, 0.05) is 25.0 Å². The quantitative estimate of drug-likeness (QED) is 0.886. The molecule has 0 atom stereocenters. The van der Waals surface area contributed by atoms with E-state index in [0.717, 1.165) is 24.1 Å². The number of carbonyl (C=O) groups excluding carboxylic acids is 2. The molecule has 0 aliphatic carbocycles. The van der Waals surface area contributed by atoms with Gasteiger partial charge < -0.3 is 15.0 Å². The molecule has 0 saturated carbocycles. The SMILES string of the molecule is COCC(=O)N1CCCc2cc(NC(=O)c3c(F)cccc3Cl)ccc21. The number of halogens is 2. The molecular formula is C19H18ClFN2O3. The fourth-order valence-electron chi connectivity index (χ4n) is 3.04. The number of rotatable bonds is 4. The molecule has 1 N–H and O–H groups in total. The summed E-state index contributed by atoms with van der Waals surface area (Å²) in [4.78, 5) is 26.2. The van der Waals surface area contributed by atoms with Crippen LogP contribution in [0.4, 0.5) is 15.8 Å². The van der Waals surface area contributed by atoms with E-state index in [1.807, 2.05) is 0 Å². The molecule has 0 saturated heterocycles. The van der Waals surface area contributed by atoms with E-state index in [-0.39, 0.29) is 23.1 Å². The summed E-state index contributed by atoms with van der Waals surface area (Å²) in [5.41, 5.74) is 2.08. The summed E-state index contributed by atoms with van der Waals surface area (Å²) in [6, 6.07) is 9.36. The summed E-state index contributed by atoms with van der Waals surface area (Å²) in [6.45, 7) is 0.648. The van der Waals surface area contributed by atoms with Crippen LogP contribution in [-0.2, 0) is 16.0 Å². The third kappa shape index (κ3) is 3.71. The van der Waals surface area contributed by atoms with Crippen LogP contribution in [0.5, 0.6) is 0 Å². The Morgan fingerprint density at radius 3 is 2.85 bits per heavy atom. The van der Waals surface area contributed by atoms with Crippen LogP contribution < -0.4 is 10.2 Å². The lowest BCUT2D eigenvalue weighted by Gasteiger charge is -2.29. The maximum absolute atomic E-state index is 13.9. The zero-order valence-corrected chi connectivity index (χ0v) is 15.0. The van der Waals surface area contributed by atoms with Crippen molar-refractivity contribution in [3.8, 4) is 0 Å². The van der Waals surface area contributed by atoms with E-state index >= 15 is 0 Å². The molecule has 3 rings (SSSR count). The topological polar surface area (TPSA) is 58.6 Å². The van der Waals surface area contributed by atoms with E-state index in [1.54, 1.807) is 23.1 Å². The Kier molecular flexibility index (Phi) is 5.54. The first-order valence-electron chi connectivity index (χ1n) is 8.19. The van der Waals surface area contributed by atoms with Crippen molar-refractivity contribution < 1.29 is 18.7 Å². The average Bonchev–Trinajstić information content (AvgIpc) is 2.61. The Morgan fingerprint density at radius 1 is 1.31 bits per heavy atom. The minimum absolute atomic E-state index is 0.0176. The predicted octanol–water partition coefficient (Wildman–Crippen LogP) is 3.66. The van der Waals surface area contributed by atoms with Gasteiger partial charge in [0.1, 0.15) is 12.4 Å². The van der Waals surface area contributed by atoms with E-state index in [9.17, 15) is 14.0 Å². The lowest BCUT2D eigenvalue weighted by atomic mass is 10.0. The van der Waals surface area contributed by atoms with Crippen molar-refractivity contribution in [2.75, 3.05) is 30.5 Å². The van der Waals surface area contributed by atoms with Crippen LogP contribution >= 0.6 is 11.6 Å². The van der Waals surface area contributed by atoms with Crippen LogP contribution in [0.1, 0.15) is 22.3 Å². The number of anilines is 2. The Morgan fingerprint density at radius 2 is 2.12 bits per heavy atom. The summed E-state index contributed by atoms with van der Waals surface area (Å²) < 4.78 is 18.8. The third-order valence-corrected chi connectivity index (χ3v) is 4.53. The van der Waals surface area contributed by atoms with Crippen LogP contribution in [0, 0.1) is 5.82 Å². The van der Waals surface area contributed by atoms with E-state index in [4.69, 9.17) is 16.3 Å². The van der Waals surface area contributed by atoms with E-state index in [2.05, 4.69) is 5.32 Å². The second-order valence-electron chi connectivity index (χ2n) is 5.98. The minimum atomic E-state index is -0.677. The molecule has 0 radical (unpaired) electrons. The number of ether oxygens (including phenoxy) is 1. The number of aryl methyl sites for hydroxylation is 1. The lowest BCUT2D eigenvalue weighted by molar-refractivity contribution is -0.122. The molecule has 0 unspecified atom stereocenters. The van der Waals surface area contributed by atoms with Gasteiger partial charge in [-0.05, 0) is 48.7 Å². The maximum atomic E-state index is 13.9. The molecule has 26 heavy (non-hydrogen) atoms. The van der Waals surface area contributed by atoms with E-state index in [1.165, 1.54) is 25.3 Å². The van der Waals surface area contributed by atoms with Gasteiger partial charge in [0.25, 0.3) is 11.8 Å². The number of hydrogen-bond acceptors (Lipinski definition) is 3. The van der Waals surface area contributed by atoms with Crippen molar-refractivity contribution in [2.24, 2.45) is 0 Å². The van der Waals surface area contributed by atoms with Crippen LogP contribution in [0.25, 0.3) is 0 Å². The number of benzene rings is 2. The fourth-order valence-corrected chi connectivity index (χ4v) is 3.29. The minimum Gasteiger partial charge on any atom is -0.375 e. The molecule has 2 amide bonds. The number of nitrogens with zero attached hydrogens (tertiary/aromatic N) is 1. The van der Waals surface area contributed by atoms with Gasteiger partial charge in [0.05, 0.1) is 10.6 Å². The maximum Gasteiger partial charge on any atom is 0.260 e. The smallest absolute Gasteiger partial charge is 0.260 e. The lowest BCUT2D eigenvalue weighted by Crippen LogP contribution is -2.37. The zero-order chi connectivity index (χ0) is 18.7. The van der Waals surface area contributed by atoms with Crippen LogP contribution in [-0.4, -0.2) is 32.1 Å². The highest BCUT2D eigenvalue weighted by Gasteiger charge is 2.23. The van der Waals surface area contributed by atoms with Gasteiger partial charge in [-0.2, -0.15) is 0 Å². The first-order chi connectivity index (χ1) is 12.5. The van der Waals surface area contributed by atoms with Gasteiger partial charge in [0.2, 0.25) is 0 Å². The largest absolute Gasteiger partial charge is 0.375 e. The second kappa shape index (κ2) is 7.85. The highest BCUT2D eigenvalue weighted by Crippen LogP contribution is 2.30. The van der Waals surface area contributed by atoms with Gasteiger partial charge in [-0.15, -0.1) is 0 Å². The molecule has 0 spiro atoms. The molecule has 5 nitrogen and oxygen atoms in total. The normalized spacial score (nSPS) is 13.3. The van der Waals surface area contributed by atoms with Crippen molar-refractivity contribution >= 4 is 34.8 Å². The second-order valence-corrected chi connectivity index (χ2v) is 6.38. The molecule has 1 aliphatic heterocycles. The number of fused-ring (bicyclic) bond motifs is 1. The Bertz CT molecular complexity index is 836. The van der Waals surface area contributed by atoms with Crippen LogP contribution in [0.3, 0.4) is 0 Å². The number of hydrogen-bond donors (Lipinski definition) is 1. The molecule has 2 aromatic carbocycles. The van der Waals surface area contributed by atoms with Gasteiger partial charge in [0.15, 0.2) is 0 Å². The molecule has 2 aromatic rings. The van der Waals surface area contributed by atoms with Gasteiger partial charge in [-0.25, -0.2) is 4.39 Å². The number of amides is 2. The Hall–Kier alpha value is -2.44. The van der Waals surface area contributed by atoms with Crippen molar-refractivity contribution in [2.45, 2.75) is 12.8 Å². The molecule has 0 bridgehead atoms. The van der Waals surface area contributed by atoms with Crippen molar-refractivity contribution in [3.05, 3.63) is 58.4 Å². The molecule has 0 fully saturated rings. The molecule has 1 heterocycles. The Labute approximate surface area is 155 Å². The molecule has 7 heteroatoms. The fraction of sp³-hybridized carbons (Fsp3) is 0.263. The van der Waals surface area contributed by atoms with Gasteiger partial charge >= 0.3 is 0 Å². The summed E-state index contributed by atoms with van der Waals surface area (Å²) in [7, 11) is 1.48. The number of methoxy groups -OCH3 is 1. The van der Waals surface area contributed by atoms with E-state index < -0.39 is 11.7 Å². The average molecular weight is 377 g/mol. The highest BCUT2D eigenvalue weighted by atomic mass is 35.5. The summed E-state index contributed by atoms with van der Waals surface area (Å²) >= 11 is 5.93. The highest BCUT2D eigenvalue weighted by molar-refractivity contribution is 6.34. The molecule has 136 valence electrons. The third-order valence-electron chi connectivity index (χ3n) is 4.21. The van der Waals surface area contributed by atoms with Gasteiger partial charge in [-0.3, -0.25) is 9.59 Å². The van der Waals surface area contributed by atoms with Crippen molar-refractivity contribution in [1.82, 2.24) is 0 Å². The summed E-state index contributed by atoms with van der Waals surface area (Å²) in [5.74, 6) is -1.40. The molecular weight excluding hydrogens is 359 g/mol. The van der Waals surface area contributed by atoms with Crippen LogP contribution in [0.15, 0.2) is 36.4 Å². The van der Waals surface area contributed by atoms with Gasteiger partial charge in [-0.1, -0.05) is 17.7 Å². The van der Waals surface area contributed by atoms with Crippen LogP contribution in [0.2, 0.25) is 5.02 Å². The zero-order valence-electron chi connectivity index (χ0n) is 14.2. The first-order valence-corrected chi connectivity index (χ1v) is 8.56. The van der Waals surface area contributed by atoms with E-state index in [0.29, 0.717) is 12.2 Å². The Balaban J connectivity index is 1.83. The summed E-state index contributed by atoms with van der Waals surface area (Å²) in [5, 5.41) is 2.72. The first kappa shape index (κ1) is 18.4.